The van der Waals surface area contributed by atoms with Crippen LogP contribution in [0.4, 0.5) is 4.39 Å². The Morgan fingerprint density at radius 1 is 1.30 bits per heavy atom. The normalized spacial score (nSPS) is 24.4. The minimum Gasteiger partial charge on any atom is -0.313 e. The monoisotopic (exact) mass is 341 g/mol. The topological polar surface area (TPSA) is 12.0 Å². The van der Waals surface area contributed by atoms with Gasteiger partial charge >= 0.3 is 0 Å². The van der Waals surface area contributed by atoms with Crippen molar-refractivity contribution in [3.8, 4) is 0 Å². The summed E-state index contributed by atoms with van der Waals surface area (Å²) in [6.45, 7) is 7.87. The van der Waals surface area contributed by atoms with Crippen LogP contribution in [0.1, 0.15) is 57.9 Å². The Morgan fingerprint density at radius 2 is 2.00 bits per heavy atom. The van der Waals surface area contributed by atoms with Gasteiger partial charge in [0, 0.05) is 10.5 Å². The van der Waals surface area contributed by atoms with Gasteiger partial charge in [0.05, 0.1) is 0 Å². The average molecular weight is 342 g/mol. The SMILES string of the molecule is CCCNC1CC(c2ccc(F)cc2Br)C1(CC)CC. The van der Waals surface area contributed by atoms with Crippen molar-refractivity contribution in [1.29, 1.82) is 0 Å². The molecule has 0 saturated heterocycles. The highest BCUT2D eigenvalue weighted by Gasteiger charge is 2.52. The number of nitrogens with one attached hydrogen (secondary N) is 1. The average Bonchev–Trinajstić information content (AvgIpc) is 2.41. The molecule has 1 fully saturated rings. The maximum atomic E-state index is 13.3. The van der Waals surface area contributed by atoms with Crippen molar-refractivity contribution in [1.82, 2.24) is 5.32 Å². The molecule has 1 nitrogen and oxygen atoms in total. The van der Waals surface area contributed by atoms with E-state index in [9.17, 15) is 4.39 Å². The van der Waals surface area contributed by atoms with E-state index in [-0.39, 0.29) is 5.82 Å². The van der Waals surface area contributed by atoms with Gasteiger partial charge in [0.1, 0.15) is 5.82 Å². The van der Waals surface area contributed by atoms with Gasteiger partial charge in [-0.15, -0.1) is 0 Å². The van der Waals surface area contributed by atoms with Gasteiger partial charge in [0.25, 0.3) is 0 Å². The molecule has 3 heteroatoms. The zero-order chi connectivity index (χ0) is 14.8. The molecular formula is C17H25BrFN. The van der Waals surface area contributed by atoms with E-state index in [1.165, 1.54) is 24.8 Å². The van der Waals surface area contributed by atoms with E-state index in [4.69, 9.17) is 0 Å². The molecular weight excluding hydrogens is 317 g/mol. The van der Waals surface area contributed by atoms with Gasteiger partial charge in [-0.05, 0) is 61.3 Å². The van der Waals surface area contributed by atoms with E-state index in [1.54, 1.807) is 12.1 Å². The van der Waals surface area contributed by atoms with Gasteiger partial charge in [-0.3, -0.25) is 0 Å². The molecule has 1 aromatic rings. The molecule has 2 atom stereocenters. The van der Waals surface area contributed by atoms with Crippen LogP contribution in [0.3, 0.4) is 0 Å². The first kappa shape index (κ1) is 16.0. The van der Waals surface area contributed by atoms with Crippen molar-refractivity contribution < 1.29 is 4.39 Å². The van der Waals surface area contributed by atoms with Crippen LogP contribution in [0, 0.1) is 11.2 Å². The van der Waals surface area contributed by atoms with Crippen molar-refractivity contribution in [2.75, 3.05) is 6.54 Å². The Bertz CT molecular complexity index is 456. The lowest BCUT2D eigenvalue weighted by Gasteiger charge is -2.57. The van der Waals surface area contributed by atoms with E-state index >= 15 is 0 Å². The lowest BCUT2D eigenvalue weighted by atomic mass is 9.52. The Kier molecular flexibility index (Phi) is 5.25. The molecule has 1 saturated carbocycles. The van der Waals surface area contributed by atoms with Crippen LogP contribution < -0.4 is 5.32 Å². The first-order valence-electron chi connectivity index (χ1n) is 7.77. The molecule has 1 aliphatic carbocycles. The van der Waals surface area contributed by atoms with E-state index in [1.807, 2.05) is 6.07 Å². The van der Waals surface area contributed by atoms with E-state index < -0.39 is 0 Å². The molecule has 0 aliphatic heterocycles. The van der Waals surface area contributed by atoms with E-state index in [0.717, 1.165) is 17.4 Å². The van der Waals surface area contributed by atoms with Crippen molar-refractivity contribution >= 4 is 15.9 Å². The van der Waals surface area contributed by atoms with Crippen LogP contribution in [0.15, 0.2) is 22.7 Å². The summed E-state index contributed by atoms with van der Waals surface area (Å²) < 4.78 is 14.2. The second-order valence-electron chi connectivity index (χ2n) is 5.90. The lowest BCUT2D eigenvalue weighted by molar-refractivity contribution is 0.0198. The summed E-state index contributed by atoms with van der Waals surface area (Å²) in [5, 5.41) is 3.70. The first-order chi connectivity index (χ1) is 9.58. The second kappa shape index (κ2) is 6.57. The molecule has 0 spiro atoms. The van der Waals surface area contributed by atoms with Crippen molar-refractivity contribution in [2.45, 2.75) is 58.4 Å². The minimum atomic E-state index is -0.167. The Morgan fingerprint density at radius 3 is 2.55 bits per heavy atom. The largest absolute Gasteiger partial charge is 0.313 e. The summed E-state index contributed by atoms with van der Waals surface area (Å²) in [5.41, 5.74) is 1.58. The third-order valence-electron chi connectivity index (χ3n) is 5.15. The molecule has 20 heavy (non-hydrogen) atoms. The fraction of sp³-hybridized carbons (Fsp3) is 0.647. The quantitative estimate of drug-likeness (QED) is 0.744. The summed E-state index contributed by atoms with van der Waals surface area (Å²) in [7, 11) is 0. The molecule has 0 radical (unpaired) electrons. The van der Waals surface area contributed by atoms with E-state index in [0.29, 0.717) is 17.4 Å². The predicted molar refractivity (Wildman–Crippen MR) is 86.6 cm³/mol. The molecule has 1 aliphatic rings. The molecule has 1 aromatic carbocycles. The van der Waals surface area contributed by atoms with Crippen LogP contribution in [0.2, 0.25) is 0 Å². The highest BCUT2D eigenvalue weighted by Crippen LogP contribution is 2.58. The first-order valence-corrected chi connectivity index (χ1v) is 8.56. The van der Waals surface area contributed by atoms with Crippen LogP contribution in [0.5, 0.6) is 0 Å². The van der Waals surface area contributed by atoms with Crippen molar-refractivity contribution in [3.05, 3.63) is 34.1 Å². The summed E-state index contributed by atoms with van der Waals surface area (Å²) >= 11 is 3.54. The second-order valence-corrected chi connectivity index (χ2v) is 6.76. The number of rotatable bonds is 6. The van der Waals surface area contributed by atoms with Crippen molar-refractivity contribution in [3.63, 3.8) is 0 Å². The number of halogens is 2. The third-order valence-corrected chi connectivity index (χ3v) is 5.84. The van der Waals surface area contributed by atoms with Crippen LogP contribution in [0.25, 0.3) is 0 Å². The lowest BCUT2D eigenvalue weighted by Crippen LogP contribution is -2.58. The zero-order valence-electron chi connectivity index (χ0n) is 12.7. The molecule has 0 heterocycles. The third kappa shape index (κ3) is 2.67. The van der Waals surface area contributed by atoms with Gasteiger partial charge < -0.3 is 5.32 Å². The van der Waals surface area contributed by atoms with Crippen LogP contribution in [-0.4, -0.2) is 12.6 Å². The van der Waals surface area contributed by atoms with Crippen LogP contribution in [-0.2, 0) is 0 Å². The number of hydrogen-bond acceptors (Lipinski definition) is 1. The van der Waals surface area contributed by atoms with Gasteiger partial charge in [-0.2, -0.15) is 0 Å². The highest BCUT2D eigenvalue weighted by atomic mass is 79.9. The molecule has 1 N–H and O–H groups in total. The Balaban J connectivity index is 2.24. The summed E-state index contributed by atoms with van der Waals surface area (Å²) in [5.74, 6) is 0.362. The maximum Gasteiger partial charge on any atom is 0.124 e. The predicted octanol–water partition coefficient (Wildman–Crippen LogP) is 5.25. The molecule has 2 rings (SSSR count). The minimum absolute atomic E-state index is 0.167. The Labute approximate surface area is 130 Å². The van der Waals surface area contributed by atoms with Gasteiger partial charge in [0.2, 0.25) is 0 Å². The summed E-state index contributed by atoms with van der Waals surface area (Å²) in [4.78, 5) is 0. The zero-order valence-corrected chi connectivity index (χ0v) is 14.3. The van der Waals surface area contributed by atoms with Crippen molar-refractivity contribution in [2.24, 2.45) is 5.41 Å². The standard InChI is InChI=1S/C17H25BrFN/c1-4-9-20-16-11-14(17(16,5-2)6-3)13-8-7-12(19)10-15(13)18/h7-8,10,14,16,20H,4-6,9,11H2,1-3H3. The smallest absolute Gasteiger partial charge is 0.124 e. The molecule has 112 valence electrons. The molecule has 0 aromatic heterocycles. The van der Waals surface area contributed by atoms with Gasteiger partial charge in [-0.25, -0.2) is 4.39 Å². The highest BCUT2D eigenvalue weighted by molar-refractivity contribution is 9.10. The van der Waals surface area contributed by atoms with E-state index in [2.05, 4.69) is 42.0 Å². The van der Waals surface area contributed by atoms with Gasteiger partial charge in [-0.1, -0.05) is 42.8 Å². The summed E-state index contributed by atoms with van der Waals surface area (Å²) in [6.07, 6.45) is 4.66. The summed E-state index contributed by atoms with van der Waals surface area (Å²) in [6, 6.07) is 5.74. The fourth-order valence-corrected chi connectivity index (χ4v) is 4.48. The molecule has 2 unspecified atom stereocenters. The Hall–Kier alpha value is -0.410. The van der Waals surface area contributed by atoms with Gasteiger partial charge in [0.15, 0.2) is 0 Å². The molecule has 0 bridgehead atoms. The number of benzene rings is 1. The van der Waals surface area contributed by atoms with Crippen LogP contribution >= 0.6 is 15.9 Å². The maximum absolute atomic E-state index is 13.3. The fourth-order valence-electron chi connectivity index (χ4n) is 3.85. The number of hydrogen-bond donors (Lipinski definition) is 1. The molecule has 0 amide bonds.